The van der Waals surface area contributed by atoms with E-state index in [2.05, 4.69) is 11.1 Å². The van der Waals surface area contributed by atoms with Gasteiger partial charge in [-0.2, -0.15) is 0 Å². The van der Waals surface area contributed by atoms with Gasteiger partial charge >= 0.3 is 8.25 Å². The maximum Gasteiger partial charge on any atom is 0.317 e. The molecule has 0 aromatic heterocycles. The first-order valence-corrected chi connectivity index (χ1v) is 3.45. The van der Waals surface area contributed by atoms with Crippen LogP contribution in [0.3, 0.4) is 0 Å². The SMILES string of the molecule is C=CC(C)O[PH](=O)O. The molecule has 4 heteroatoms. The second-order valence-electron chi connectivity index (χ2n) is 1.32. The van der Waals surface area contributed by atoms with Crippen molar-refractivity contribution in [3.63, 3.8) is 0 Å². The van der Waals surface area contributed by atoms with Crippen molar-refractivity contribution in [3.05, 3.63) is 12.7 Å². The van der Waals surface area contributed by atoms with E-state index in [9.17, 15) is 4.57 Å². The molecule has 0 fully saturated rings. The molecule has 2 atom stereocenters. The smallest absolute Gasteiger partial charge is 0.317 e. The van der Waals surface area contributed by atoms with Gasteiger partial charge in [0, 0.05) is 0 Å². The van der Waals surface area contributed by atoms with Crippen LogP contribution in [0, 0.1) is 0 Å². The van der Waals surface area contributed by atoms with Gasteiger partial charge < -0.3 is 9.42 Å². The van der Waals surface area contributed by atoms with Gasteiger partial charge in [0.15, 0.2) is 0 Å². The van der Waals surface area contributed by atoms with Crippen LogP contribution in [0.5, 0.6) is 0 Å². The topological polar surface area (TPSA) is 46.5 Å². The Morgan fingerprint density at radius 3 is 2.62 bits per heavy atom. The van der Waals surface area contributed by atoms with Crippen molar-refractivity contribution in [2.75, 3.05) is 0 Å². The molecule has 0 radical (unpaired) electrons. The van der Waals surface area contributed by atoms with Crippen LogP contribution in [0.15, 0.2) is 12.7 Å². The Labute approximate surface area is 48.9 Å². The van der Waals surface area contributed by atoms with Crippen molar-refractivity contribution in [2.45, 2.75) is 13.0 Å². The number of hydrogen-bond acceptors (Lipinski definition) is 2. The lowest BCUT2D eigenvalue weighted by Crippen LogP contribution is -1.95. The lowest BCUT2D eigenvalue weighted by molar-refractivity contribution is 0.245. The normalized spacial score (nSPS) is 17.2. The first-order valence-electron chi connectivity index (χ1n) is 2.19. The van der Waals surface area contributed by atoms with E-state index in [0.717, 1.165) is 0 Å². The summed E-state index contributed by atoms with van der Waals surface area (Å²) in [6, 6.07) is 0. The molecule has 48 valence electrons. The van der Waals surface area contributed by atoms with E-state index < -0.39 is 8.25 Å². The van der Waals surface area contributed by atoms with Crippen molar-refractivity contribution >= 4 is 8.25 Å². The molecule has 3 nitrogen and oxygen atoms in total. The third kappa shape index (κ3) is 4.06. The molecule has 0 aromatic carbocycles. The fraction of sp³-hybridized carbons (Fsp3) is 0.500. The van der Waals surface area contributed by atoms with Crippen molar-refractivity contribution < 1.29 is 14.0 Å². The van der Waals surface area contributed by atoms with Crippen molar-refractivity contribution in [3.8, 4) is 0 Å². The molecular formula is C4H9O3P. The second kappa shape index (κ2) is 3.84. The van der Waals surface area contributed by atoms with Crippen LogP contribution in [0.25, 0.3) is 0 Å². The first-order chi connectivity index (χ1) is 3.66. The predicted octanol–water partition coefficient (Wildman–Crippen LogP) is 0.959. The van der Waals surface area contributed by atoms with Gasteiger partial charge in [-0.15, -0.1) is 6.58 Å². The fourth-order valence-corrected chi connectivity index (χ4v) is 0.621. The molecule has 2 unspecified atom stereocenters. The summed E-state index contributed by atoms with van der Waals surface area (Å²) in [6.45, 7) is 5.00. The maximum absolute atomic E-state index is 9.88. The summed E-state index contributed by atoms with van der Waals surface area (Å²) in [5.74, 6) is 0. The Morgan fingerprint density at radius 2 is 2.50 bits per heavy atom. The monoisotopic (exact) mass is 136 g/mol. The lowest BCUT2D eigenvalue weighted by atomic mass is 10.4. The predicted molar refractivity (Wildman–Crippen MR) is 32.0 cm³/mol. The van der Waals surface area contributed by atoms with E-state index >= 15 is 0 Å². The summed E-state index contributed by atoms with van der Waals surface area (Å²) in [4.78, 5) is 8.13. The van der Waals surface area contributed by atoms with Crippen molar-refractivity contribution in [1.29, 1.82) is 0 Å². The van der Waals surface area contributed by atoms with Gasteiger partial charge in [-0.05, 0) is 6.92 Å². The summed E-state index contributed by atoms with van der Waals surface area (Å²) in [5.41, 5.74) is 0. The average molecular weight is 136 g/mol. The van der Waals surface area contributed by atoms with Gasteiger partial charge in [-0.3, -0.25) is 4.57 Å². The molecule has 0 saturated heterocycles. The molecule has 0 amide bonds. The third-order valence-corrected chi connectivity index (χ3v) is 1.19. The first kappa shape index (κ1) is 7.89. The summed E-state index contributed by atoms with van der Waals surface area (Å²) >= 11 is 0. The largest absolute Gasteiger partial charge is 0.326 e. The number of hydrogen-bond donors (Lipinski definition) is 1. The average Bonchev–Trinajstić information content (AvgIpc) is 1.65. The summed E-state index contributed by atoms with van der Waals surface area (Å²) < 4.78 is 14.3. The van der Waals surface area contributed by atoms with Crippen LogP contribution in [-0.4, -0.2) is 11.0 Å². The van der Waals surface area contributed by atoms with E-state index in [1.165, 1.54) is 6.08 Å². The van der Waals surface area contributed by atoms with Gasteiger partial charge in [0.25, 0.3) is 0 Å². The second-order valence-corrected chi connectivity index (χ2v) is 2.09. The zero-order valence-electron chi connectivity index (χ0n) is 4.63. The maximum atomic E-state index is 9.88. The zero-order valence-corrected chi connectivity index (χ0v) is 5.63. The van der Waals surface area contributed by atoms with Crippen LogP contribution >= 0.6 is 8.25 Å². The van der Waals surface area contributed by atoms with Crippen LogP contribution in [0.4, 0.5) is 0 Å². The fourth-order valence-electron chi connectivity index (χ4n) is 0.207. The molecule has 0 bridgehead atoms. The molecule has 0 aliphatic carbocycles. The molecule has 0 aliphatic heterocycles. The van der Waals surface area contributed by atoms with Crippen molar-refractivity contribution in [1.82, 2.24) is 0 Å². The van der Waals surface area contributed by atoms with Crippen LogP contribution < -0.4 is 0 Å². The van der Waals surface area contributed by atoms with E-state index in [0.29, 0.717) is 0 Å². The molecule has 0 saturated carbocycles. The Kier molecular flexibility index (Phi) is 3.79. The molecule has 0 heterocycles. The minimum atomic E-state index is -2.77. The molecule has 8 heavy (non-hydrogen) atoms. The van der Waals surface area contributed by atoms with E-state index in [1.54, 1.807) is 6.92 Å². The molecule has 0 spiro atoms. The Morgan fingerprint density at radius 1 is 2.00 bits per heavy atom. The van der Waals surface area contributed by atoms with Crippen LogP contribution in [0.1, 0.15) is 6.92 Å². The highest BCUT2D eigenvalue weighted by Gasteiger charge is 1.96. The Hall–Kier alpha value is -0.110. The van der Waals surface area contributed by atoms with Crippen LogP contribution in [-0.2, 0) is 9.09 Å². The molecule has 0 aromatic rings. The van der Waals surface area contributed by atoms with E-state index in [1.807, 2.05) is 0 Å². The highest BCUT2D eigenvalue weighted by Crippen LogP contribution is 2.17. The van der Waals surface area contributed by atoms with Gasteiger partial charge in [-0.1, -0.05) is 6.08 Å². The Balaban J connectivity index is 3.38. The summed E-state index contributed by atoms with van der Waals surface area (Å²) in [6.07, 6.45) is 1.13. The summed E-state index contributed by atoms with van der Waals surface area (Å²) in [5, 5.41) is 0. The van der Waals surface area contributed by atoms with Gasteiger partial charge in [-0.25, -0.2) is 0 Å². The minimum absolute atomic E-state index is 0.327. The van der Waals surface area contributed by atoms with Gasteiger partial charge in [0.05, 0.1) is 6.10 Å². The van der Waals surface area contributed by atoms with Crippen LogP contribution in [0.2, 0.25) is 0 Å². The summed E-state index contributed by atoms with van der Waals surface area (Å²) in [7, 11) is -2.77. The molecule has 0 aliphatic rings. The molecular weight excluding hydrogens is 127 g/mol. The highest BCUT2D eigenvalue weighted by molar-refractivity contribution is 7.32. The van der Waals surface area contributed by atoms with Gasteiger partial charge in [0.1, 0.15) is 0 Å². The lowest BCUT2D eigenvalue weighted by Gasteiger charge is -2.01. The third-order valence-electron chi connectivity index (χ3n) is 0.619. The standard InChI is InChI=1S/C4H9O3P/c1-3-4(2)7-8(5)6/h3-4,8H,1H2,2H3,(H,5,6). The minimum Gasteiger partial charge on any atom is -0.326 e. The van der Waals surface area contributed by atoms with Crippen molar-refractivity contribution in [2.24, 2.45) is 0 Å². The molecule has 0 rings (SSSR count). The number of rotatable bonds is 3. The zero-order chi connectivity index (χ0) is 6.57. The van der Waals surface area contributed by atoms with E-state index in [4.69, 9.17) is 4.89 Å². The quantitative estimate of drug-likeness (QED) is 0.464. The highest BCUT2D eigenvalue weighted by atomic mass is 31.1. The van der Waals surface area contributed by atoms with Gasteiger partial charge in [0.2, 0.25) is 0 Å². The molecule has 1 N–H and O–H groups in total. The van der Waals surface area contributed by atoms with E-state index in [-0.39, 0.29) is 6.10 Å². The Bertz CT molecular complexity index is 101.